The largest absolute Gasteiger partial charge is 0.492 e. The summed E-state index contributed by atoms with van der Waals surface area (Å²) in [7, 11) is 0. The van der Waals surface area contributed by atoms with Gasteiger partial charge in [-0.15, -0.1) is 0 Å². The quantitative estimate of drug-likeness (QED) is 0.805. The van der Waals surface area contributed by atoms with Crippen molar-refractivity contribution in [3.63, 3.8) is 0 Å². The summed E-state index contributed by atoms with van der Waals surface area (Å²) in [6.07, 6.45) is 5.47. The van der Waals surface area contributed by atoms with E-state index in [1.54, 1.807) is 24.4 Å². The number of nitrogens with one attached hydrogen (secondary N) is 1. The van der Waals surface area contributed by atoms with E-state index in [0.717, 1.165) is 18.7 Å². The predicted molar refractivity (Wildman–Crippen MR) is 91.2 cm³/mol. The molecule has 2 aromatic rings. The maximum Gasteiger partial charge on any atom is 0.251 e. The van der Waals surface area contributed by atoms with Gasteiger partial charge in [-0.05, 0) is 24.6 Å². The number of halogens is 1. The van der Waals surface area contributed by atoms with Crippen LogP contribution < -0.4 is 10.1 Å². The highest BCUT2D eigenvalue weighted by Crippen LogP contribution is 2.25. The number of amides is 1. The molecule has 1 amide bonds. The summed E-state index contributed by atoms with van der Waals surface area (Å²) in [5.74, 6) is 1.47. The summed E-state index contributed by atoms with van der Waals surface area (Å²) in [6.45, 7) is 5.92. The van der Waals surface area contributed by atoms with Gasteiger partial charge < -0.3 is 14.6 Å². The fourth-order valence-corrected chi connectivity index (χ4v) is 2.46. The van der Waals surface area contributed by atoms with Gasteiger partial charge in [0.1, 0.15) is 11.6 Å². The average molecular weight is 336 g/mol. The molecule has 0 aliphatic heterocycles. The number of imidazole rings is 1. The molecule has 5 nitrogen and oxygen atoms in total. The van der Waals surface area contributed by atoms with Crippen LogP contribution in [0.5, 0.6) is 5.75 Å². The summed E-state index contributed by atoms with van der Waals surface area (Å²) in [4.78, 5) is 16.4. The van der Waals surface area contributed by atoms with Crippen molar-refractivity contribution in [2.24, 2.45) is 0 Å². The van der Waals surface area contributed by atoms with Gasteiger partial charge in [0, 0.05) is 37.5 Å². The molecule has 0 saturated carbocycles. The van der Waals surface area contributed by atoms with Crippen molar-refractivity contribution in [1.29, 1.82) is 0 Å². The van der Waals surface area contributed by atoms with Gasteiger partial charge in [0.05, 0.1) is 11.6 Å². The second-order valence-corrected chi connectivity index (χ2v) is 5.55. The minimum atomic E-state index is -0.146. The van der Waals surface area contributed by atoms with Gasteiger partial charge in [-0.1, -0.05) is 25.4 Å². The highest BCUT2D eigenvalue weighted by atomic mass is 35.5. The van der Waals surface area contributed by atoms with E-state index in [4.69, 9.17) is 16.3 Å². The highest BCUT2D eigenvalue weighted by molar-refractivity contribution is 6.32. The summed E-state index contributed by atoms with van der Waals surface area (Å²) < 4.78 is 7.54. The average Bonchev–Trinajstić information content (AvgIpc) is 3.01. The molecule has 0 aliphatic rings. The van der Waals surface area contributed by atoms with Crippen molar-refractivity contribution in [3.05, 3.63) is 47.0 Å². The van der Waals surface area contributed by atoms with E-state index in [2.05, 4.69) is 17.2 Å². The monoisotopic (exact) mass is 335 g/mol. The second kappa shape index (κ2) is 8.58. The van der Waals surface area contributed by atoms with Crippen molar-refractivity contribution >= 4 is 17.5 Å². The van der Waals surface area contributed by atoms with Crippen LogP contribution in [0.15, 0.2) is 30.6 Å². The van der Waals surface area contributed by atoms with Crippen LogP contribution in [0.1, 0.15) is 36.5 Å². The summed E-state index contributed by atoms with van der Waals surface area (Å²) in [5.41, 5.74) is 0.528. The van der Waals surface area contributed by atoms with Gasteiger partial charge in [0.15, 0.2) is 0 Å². The lowest BCUT2D eigenvalue weighted by atomic mass is 10.2. The van der Waals surface area contributed by atoms with Gasteiger partial charge in [0.2, 0.25) is 0 Å². The first-order valence-electron chi connectivity index (χ1n) is 7.86. The van der Waals surface area contributed by atoms with Crippen LogP contribution in [0.2, 0.25) is 5.02 Å². The zero-order valence-corrected chi connectivity index (χ0v) is 14.3. The molecule has 1 heterocycles. The van der Waals surface area contributed by atoms with Crippen LogP contribution in [0.25, 0.3) is 0 Å². The second-order valence-electron chi connectivity index (χ2n) is 5.14. The van der Waals surface area contributed by atoms with Crippen LogP contribution in [0.3, 0.4) is 0 Å². The van der Waals surface area contributed by atoms with Gasteiger partial charge in [-0.2, -0.15) is 0 Å². The Morgan fingerprint density at radius 3 is 2.91 bits per heavy atom. The third kappa shape index (κ3) is 4.73. The third-order valence-corrected chi connectivity index (χ3v) is 3.71. The number of aromatic nitrogens is 2. The maximum absolute atomic E-state index is 12.2. The van der Waals surface area contributed by atoms with Crippen molar-refractivity contribution < 1.29 is 9.53 Å². The van der Waals surface area contributed by atoms with Gasteiger partial charge >= 0.3 is 0 Å². The molecule has 2 rings (SSSR count). The number of aryl methyl sites for hydroxylation is 1. The molecule has 1 aromatic heterocycles. The first-order chi connectivity index (χ1) is 11.2. The van der Waals surface area contributed by atoms with Crippen LogP contribution >= 0.6 is 11.6 Å². The molecule has 1 aromatic carbocycles. The SMILES string of the molecule is CCCOc1ccc(C(=O)NCCn2ccnc2CC)cc1Cl. The van der Waals surface area contributed by atoms with E-state index in [1.807, 2.05) is 17.7 Å². The van der Waals surface area contributed by atoms with Gasteiger partial charge in [-0.3, -0.25) is 4.79 Å². The summed E-state index contributed by atoms with van der Waals surface area (Å²) in [5, 5.41) is 3.34. The molecule has 0 atom stereocenters. The molecule has 6 heteroatoms. The maximum atomic E-state index is 12.2. The molecule has 23 heavy (non-hydrogen) atoms. The molecular weight excluding hydrogens is 314 g/mol. The molecule has 0 bridgehead atoms. The molecule has 0 fully saturated rings. The first kappa shape index (κ1) is 17.3. The third-order valence-electron chi connectivity index (χ3n) is 3.41. The number of hydrogen-bond donors (Lipinski definition) is 1. The number of benzene rings is 1. The molecular formula is C17H22ClN3O2. The Kier molecular flexibility index (Phi) is 6.47. The van der Waals surface area contributed by atoms with Crippen molar-refractivity contribution in [3.8, 4) is 5.75 Å². The van der Waals surface area contributed by atoms with Crippen LogP contribution in [-0.4, -0.2) is 28.6 Å². The summed E-state index contributed by atoms with van der Waals surface area (Å²) in [6, 6.07) is 5.09. The summed E-state index contributed by atoms with van der Waals surface area (Å²) >= 11 is 6.15. The Hall–Kier alpha value is -2.01. The number of nitrogens with zero attached hydrogens (tertiary/aromatic N) is 2. The van der Waals surface area contributed by atoms with Gasteiger partial charge in [-0.25, -0.2) is 4.98 Å². The molecule has 0 unspecified atom stereocenters. The zero-order valence-electron chi connectivity index (χ0n) is 13.5. The Morgan fingerprint density at radius 2 is 2.22 bits per heavy atom. The van der Waals surface area contributed by atoms with Gasteiger partial charge in [0.25, 0.3) is 5.91 Å². The number of ether oxygens (including phenoxy) is 1. The fourth-order valence-electron chi connectivity index (χ4n) is 2.22. The van der Waals surface area contributed by atoms with E-state index >= 15 is 0 Å². The van der Waals surface area contributed by atoms with E-state index in [1.165, 1.54) is 0 Å². The lowest BCUT2D eigenvalue weighted by molar-refractivity contribution is 0.0952. The number of rotatable bonds is 8. The van der Waals surface area contributed by atoms with Crippen LogP contribution in [0, 0.1) is 0 Å². The number of carbonyl (C=O) groups is 1. The van der Waals surface area contributed by atoms with Crippen LogP contribution in [-0.2, 0) is 13.0 Å². The number of carbonyl (C=O) groups excluding carboxylic acids is 1. The van der Waals surface area contributed by atoms with Crippen molar-refractivity contribution in [1.82, 2.24) is 14.9 Å². The Labute approximate surface area is 141 Å². The molecule has 0 saturated heterocycles. The lowest BCUT2D eigenvalue weighted by Crippen LogP contribution is -2.27. The Balaban J connectivity index is 1.89. The normalized spacial score (nSPS) is 10.6. The molecule has 0 radical (unpaired) electrons. The number of hydrogen-bond acceptors (Lipinski definition) is 3. The molecule has 0 spiro atoms. The predicted octanol–water partition coefficient (Wildman–Crippen LogP) is 3.32. The van der Waals surface area contributed by atoms with Crippen molar-refractivity contribution in [2.75, 3.05) is 13.2 Å². The smallest absolute Gasteiger partial charge is 0.251 e. The molecule has 124 valence electrons. The minimum absolute atomic E-state index is 0.146. The van der Waals surface area contributed by atoms with E-state index in [-0.39, 0.29) is 5.91 Å². The van der Waals surface area contributed by atoms with E-state index < -0.39 is 0 Å². The first-order valence-corrected chi connectivity index (χ1v) is 8.24. The Morgan fingerprint density at radius 1 is 1.39 bits per heavy atom. The standard InChI is InChI=1S/C17H22ClN3O2/c1-3-11-23-15-6-5-13(12-14(15)18)17(22)20-8-10-21-9-7-19-16(21)4-2/h5-7,9,12H,3-4,8,10-11H2,1-2H3,(H,20,22). The lowest BCUT2D eigenvalue weighted by Gasteiger charge is -2.10. The van der Waals surface area contributed by atoms with Crippen molar-refractivity contribution in [2.45, 2.75) is 33.2 Å². The Bertz CT molecular complexity index is 655. The zero-order chi connectivity index (χ0) is 16.7. The highest BCUT2D eigenvalue weighted by Gasteiger charge is 2.09. The topological polar surface area (TPSA) is 56.1 Å². The van der Waals surface area contributed by atoms with Crippen LogP contribution in [0.4, 0.5) is 0 Å². The van der Waals surface area contributed by atoms with E-state index in [9.17, 15) is 4.79 Å². The molecule has 1 N–H and O–H groups in total. The fraction of sp³-hybridized carbons (Fsp3) is 0.412. The minimum Gasteiger partial charge on any atom is -0.492 e. The molecule has 0 aliphatic carbocycles. The van der Waals surface area contributed by atoms with E-state index in [0.29, 0.717) is 36.0 Å².